The van der Waals surface area contributed by atoms with Crippen LogP contribution in [-0.4, -0.2) is 45.6 Å². The summed E-state index contributed by atoms with van der Waals surface area (Å²) in [4.78, 5) is 0. The SMILES string of the molecule is CO[Si](OC)(C(C)(C)C)C(C)(C)C.CO[Si](OC)(C1CCCC1)C1CCCC1. The van der Waals surface area contributed by atoms with Crippen molar-refractivity contribution in [1.82, 2.24) is 0 Å². The first-order valence-corrected chi connectivity index (χ1v) is 14.9. The molecule has 0 aromatic carbocycles. The van der Waals surface area contributed by atoms with E-state index in [0.29, 0.717) is 0 Å². The summed E-state index contributed by atoms with van der Waals surface area (Å²) < 4.78 is 23.4. The van der Waals surface area contributed by atoms with Crippen molar-refractivity contribution < 1.29 is 17.7 Å². The molecule has 0 atom stereocenters. The van der Waals surface area contributed by atoms with E-state index in [1.807, 2.05) is 14.2 Å². The zero-order valence-electron chi connectivity index (χ0n) is 20.4. The van der Waals surface area contributed by atoms with Crippen molar-refractivity contribution in [2.45, 2.75) is 114 Å². The van der Waals surface area contributed by atoms with Crippen molar-refractivity contribution in [3.05, 3.63) is 0 Å². The van der Waals surface area contributed by atoms with Crippen LogP contribution in [0.3, 0.4) is 0 Å². The van der Waals surface area contributed by atoms with Gasteiger partial charge >= 0.3 is 17.1 Å². The summed E-state index contributed by atoms with van der Waals surface area (Å²) in [5, 5.41) is 0.184. The largest absolute Gasteiger partial charge is 0.397 e. The number of hydrogen-bond donors (Lipinski definition) is 0. The Kier molecular flexibility index (Phi) is 9.90. The first-order valence-electron chi connectivity index (χ1n) is 11.2. The van der Waals surface area contributed by atoms with Gasteiger partial charge in [0.05, 0.1) is 0 Å². The smallest absolute Gasteiger partial charge is 0.348 e. The van der Waals surface area contributed by atoms with Crippen molar-refractivity contribution in [2.75, 3.05) is 28.4 Å². The van der Waals surface area contributed by atoms with E-state index in [2.05, 4.69) is 41.5 Å². The van der Waals surface area contributed by atoms with Crippen LogP contribution in [0.15, 0.2) is 0 Å². The van der Waals surface area contributed by atoms with E-state index in [1.54, 1.807) is 14.2 Å². The molecule has 2 rings (SSSR count). The van der Waals surface area contributed by atoms with E-state index < -0.39 is 17.1 Å². The fourth-order valence-electron chi connectivity index (χ4n) is 6.17. The van der Waals surface area contributed by atoms with Crippen LogP contribution in [-0.2, 0) is 17.7 Å². The Morgan fingerprint density at radius 3 is 0.964 bits per heavy atom. The summed E-state index contributed by atoms with van der Waals surface area (Å²) in [6.45, 7) is 13.2. The molecular formula is C22H48O4Si2. The molecule has 0 amide bonds. The van der Waals surface area contributed by atoms with Crippen LogP contribution in [0.25, 0.3) is 0 Å². The van der Waals surface area contributed by atoms with Gasteiger partial charge in [-0.25, -0.2) is 0 Å². The molecule has 6 heteroatoms. The molecule has 0 bridgehead atoms. The molecule has 2 aliphatic rings. The van der Waals surface area contributed by atoms with Crippen molar-refractivity contribution in [2.24, 2.45) is 0 Å². The lowest BCUT2D eigenvalue weighted by Gasteiger charge is -2.47. The summed E-state index contributed by atoms with van der Waals surface area (Å²) in [6, 6.07) is 0. The zero-order valence-corrected chi connectivity index (χ0v) is 22.4. The van der Waals surface area contributed by atoms with Crippen molar-refractivity contribution in [3.8, 4) is 0 Å². The summed E-state index contributed by atoms with van der Waals surface area (Å²) in [5.74, 6) is 0. The maximum Gasteiger partial charge on any atom is 0.348 e. The van der Waals surface area contributed by atoms with Gasteiger partial charge in [0.2, 0.25) is 0 Å². The van der Waals surface area contributed by atoms with E-state index >= 15 is 0 Å². The molecule has 0 spiro atoms. The highest BCUT2D eigenvalue weighted by Gasteiger charge is 2.56. The highest BCUT2D eigenvalue weighted by molar-refractivity contribution is 6.73. The van der Waals surface area contributed by atoms with Gasteiger partial charge in [0.25, 0.3) is 0 Å². The Morgan fingerprint density at radius 1 is 0.536 bits per heavy atom. The molecule has 0 N–H and O–H groups in total. The van der Waals surface area contributed by atoms with Crippen molar-refractivity contribution in [1.29, 1.82) is 0 Å². The van der Waals surface area contributed by atoms with Gasteiger partial charge in [-0.15, -0.1) is 0 Å². The van der Waals surface area contributed by atoms with E-state index in [-0.39, 0.29) is 10.1 Å². The molecule has 0 aromatic rings. The Bertz CT molecular complexity index is 402. The number of hydrogen-bond acceptors (Lipinski definition) is 4. The molecule has 28 heavy (non-hydrogen) atoms. The number of rotatable bonds is 6. The lowest BCUT2D eigenvalue weighted by molar-refractivity contribution is 0.186. The molecule has 0 aromatic heterocycles. The van der Waals surface area contributed by atoms with Gasteiger partial charge in [0, 0.05) is 49.6 Å². The van der Waals surface area contributed by atoms with Crippen LogP contribution in [0.2, 0.25) is 21.2 Å². The fourth-order valence-corrected chi connectivity index (χ4v) is 15.6. The second kappa shape index (κ2) is 10.5. The van der Waals surface area contributed by atoms with Gasteiger partial charge in [-0.3, -0.25) is 0 Å². The molecule has 2 fully saturated rings. The second-order valence-corrected chi connectivity index (χ2v) is 19.6. The average Bonchev–Trinajstić information content (AvgIpc) is 3.31. The van der Waals surface area contributed by atoms with Crippen molar-refractivity contribution >= 4 is 17.1 Å². The Balaban J connectivity index is 0.000000284. The monoisotopic (exact) mass is 432 g/mol. The lowest BCUT2D eigenvalue weighted by atomic mass is 10.2. The summed E-state index contributed by atoms with van der Waals surface area (Å²) in [7, 11) is 3.31. The summed E-state index contributed by atoms with van der Waals surface area (Å²) >= 11 is 0. The molecule has 2 saturated carbocycles. The van der Waals surface area contributed by atoms with E-state index in [9.17, 15) is 0 Å². The van der Waals surface area contributed by atoms with Crippen LogP contribution in [0, 0.1) is 0 Å². The molecule has 168 valence electrons. The molecule has 0 unspecified atom stereocenters. The first kappa shape index (κ1) is 26.3. The Hall–Kier alpha value is 0.274. The molecule has 0 aliphatic heterocycles. The van der Waals surface area contributed by atoms with Gasteiger partial charge in [0.15, 0.2) is 0 Å². The van der Waals surface area contributed by atoms with Crippen LogP contribution < -0.4 is 0 Å². The third-order valence-electron chi connectivity index (χ3n) is 7.04. The predicted molar refractivity (Wildman–Crippen MR) is 123 cm³/mol. The molecule has 4 nitrogen and oxygen atoms in total. The van der Waals surface area contributed by atoms with Gasteiger partial charge in [-0.05, 0) is 25.7 Å². The van der Waals surface area contributed by atoms with Crippen LogP contribution >= 0.6 is 0 Å². The third-order valence-corrected chi connectivity index (χ3v) is 16.8. The van der Waals surface area contributed by atoms with Gasteiger partial charge in [-0.1, -0.05) is 67.2 Å². The molecule has 0 heterocycles. The van der Waals surface area contributed by atoms with Gasteiger partial charge < -0.3 is 17.7 Å². The standard InChI is InChI=1S/C12H24O2Si.C10H24O2Si/c1-13-15(14-2,11-7-3-4-8-11)12-9-5-6-10-12;1-9(2,3)13(11-7,12-8)10(4,5)6/h11-12H,3-10H2,1-2H3;1-8H3. The predicted octanol–water partition coefficient (Wildman–Crippen LogP) is 6.93. The summed E-state index contributed by atoms with van der Waals surface area (Å²) in [5.41, 5.74) is 1.55. The maximum atomic E-state index is 5.97. The minimum Gasteiger partial charge on any atom is -0.397 e. The van der Waals surface area contributed by atoms with E-state index in [0.717, 1.165) is 11.1 Å². The van der Waals surface area contributed by atoms with Gasteiger partial charge in [-0.2, -0.15) is 0 Å². The zero-order chi connectivity index (χ0) is 21.6. The van der Waals surface area contributed by atoms with E-state index in [4.69, 9.17) is 17.7 Å². The minimum atomic E-state index is -2.15. The van der Waals surface area contributed by atoms with Crippen LogP contribution in [0.1, 0.15) is 92.9 Å². The molecule has 0 radical (unpaired) electrons. The normalized spacial score (nSPS) is 20.4. The highest BCUT2D eigenvalue weighted by Crippen LogP contribution is 2.52. The molecule has 2 aliphatic carbocycles. The highest BCUT2D eigenvalue weighted by atomic mass is 28.4. The average molecular weight is 433 g/mol. The Morgan fingerprint density at radius 2 is 0.821 bits per heavy atom. The molecule has 0 saturated heterocycles. The fraction of sp³-hybridized carbons (Fsp3) is 1.00. The minimum absolute atomic E-state index is 0.0920. The maximum absolute atomic E-state index is 5.97. The van der Waals surface area contributed by atoms with Crippen LogP contribution in [0.4, 0.5) is 0 Å². The van der Waals surface area contributed by atoms with Crippen molar-refractivity contribution in [3.63, 3.8) is 0 Å². The Labute approximate surface area is 177 Å². The third kappa shape index (κ3) is 5.30. The quantitative estimate of drug-likeness (QED) is 0.426. The van der Waals surface area contributed by atoms with Gasteiger partial charge in [0.1, 0.15) is 0 Å². The topological polar surface area (TPSA) is 36.9 Å². The lowest BCUT2D eigenvalue weighted by Crippen LogP contribution is -2.55. The molecular weight excluding hydrogens is 384 g/mol. The second-order valence-electron chi connectivity index (χ2n) is 10.6. The van der Waals surface area contributed by atoms with Crippen LogP contribution in [0.5, 0.6) is 0 Å². The first-order chi connectivity index (χ1) is 13.0. The summed E-state index contributed by atoms with van der Waals surface area (Å²) in [6.07, 6.45) is 11.0. The van der Waals surface area contributed by atoms with E-state index in [1.165, 1.54) is 51.4 Å².